The van der Waals surface area contributed by atoms with Gasteiger partial charge in [0.2, 0.25) is 5.96 Å². The lowest BCUT2D eigenvalue weighted by Crippen LogP contribution is -2.36. The second kappa shape index (κ2) is 7.66. The molecule has 0 fully saturated rings. The van der Waals surface area contributed by atoms with Gasteiger partial charge in [0.05, 0.1) is 17.2 Å². The minimum Gasteiger partial charge on any atom is -0.347 e. The van der Waals surface area contributed by atoms with E-state index in [2.05, 4.69) is 9.50 Å². The van der Waals surface area contributed by atoms with E-state index in [1.54, 1.807) is 36.1 Å². The normalized spacial score (nSPS) is 15.0. The number of guanidine groups is 1. The number of hydrogen-bond donors (Lipinski definition) is 0. The molecule has 0 aliphatic carbocycles. The van der Waals surface area contributed by atoms with E-state index in [1.807, 2.05) is 12.1 Å². The minimum absolute atomic E-state index is 0.0793. The molecule has 2 aromatic rings. The highest BCUT2D eigenvalue weighted by Gasteiger charge is 2.24. The first-order valence-electron chi connectivity index (χ1n) is 8.15. The van der Waals surface area contributed by atoms with Gasteiger partial charge in [-0.2, -0.15) is 13.5 Å². The van der Waals surface area contributed by atoms with Crippen molar-refractivity contribution in [2.75, 3.05) is 20.6 Å². The zero-order valence-electron chi connectivity index (χ0n) is 14.8. The molecule has 9 heteroatoms. The molecule has 3 rings (SSSR count). The van der Waals surface area contributed by atoms with Gasteiger partial charge in [0.15, 0.2) is 0 Å². The lowest BCUT2D eigenvalue weighted by atomic mass is 10.1. The highest BCUT2D eigenvalue weighted by molar-refractivity contribution is 7.90. The average molecular weight is 409 g/mol. The first-order chi connectivity index (χ1) is 12.8. The van der Waals surface area contributed by atoms with Gasteiger partial charge >= 0.3 is 0 Å². The van der Waals surface area contributed by atoms with Crippen LogP contribution in [0.2, 0.25) is 5.02 Å². The van der Waals surface area contributed by atoms with Crippen LogP contribution in [0.15, 0.2) is 62.9 Å². The largest absolute Gasteiger partial charge is 0.347 e. The fraction of sp³-hybridized carbons (Fsp3) is 0.222. The average Bonchev–Trinajstić information content (AvgIpc) is 3.10. The van der Waals surface area contributed by atoms with E-state index >= 15 is 0 Å². The van der Waals surface area contributed by atoms with Gasteiger partial charge < -0.3 is 4.90 Å². The van der Waals surface area contributed by atoms with E-state index in [1.165, 1.54) is 12.1 Å². The first-order valence-corrected chi connectivity index (χ1v) is 9.97. The second-order valence-corrected chi connectivity index (χ2v) is 8.18. The van der Waals surface area contributed by atoms with Gasteiger partial charge in [-0.05, 0) is 42.0 Å². The monoisotopic (exact) mass is 408 g/mol. The van der Waals surface area contributed by atoms with Crippen molar-refractivity contribution < 1.29 is 12.8 Å². The molecule has 6 nitrogen and oxygen atoms in total. The van der Waals surface area contributed by atoms with Gasteiger partial charge in [0.1, 0.15) is 5.82 Å². The zero-order chi connectivity index (χ0) is 19.6. The molecule has 0 saturated heterocycles. The van der Waals surface area contributed by atoms with Gasteiger partial charge in [-0.1, -0.05) is 23.7 Å². The number of nitrogens with zero attached hydrogens (tertiary/aromatic N) is 4. The lowest BCUT2D eigenvalue weighted by molar-refractivity contribution is 0.413. The van der Waals surface area contributed by atoms with E-state index < -0.39 is 15.8 Å². The highest BCUT2D eigenvalue weighted by Crippen LogP contribution is 2.19. The Bertz CT molecular complexity index is 987. The Morgan fingerprint density at radius 1 is 1.15 bits per heavy atom. The fourth-order valence-electron chi connectivity index (χ4n) is 2.57. The summed E-state index contributed by atoms with van der Waals surface area (Å²) in [4.78, 5) is 1.50. The quantitative estimate of drug-likeness (QED) is 0.578. The molecule has 0 bridgehead atoms. The summed E-state index contributed by atoms with van der Waals surface area (Å²) in [5.74, 6) is -0.328. The van der Waals surface area contributed by atoms with Crippen LogP contribution in [0.5, 0.6) is 0 Å². The van der Waals surface area contributed by atoms with Crippen LogP contribution in [0, 0.1) is 5.82 Å². The van der Waals surface area contributed by atoms with Crippen molar-refractivity contribution in [3.8, 4) is 0 Å². The molecule has 27 heavy (non-hydrogen) atoms. The van der Waals surface area contributed by atoms with Crippen LogP contribution in [-0.2, 0) is 10.0 Å². The third kappa shape index (κ3) is 4.45. The van der Waals surface area contributed by atoms with Crippen molar-refractivity contribution in [1.29, 1.82) is 0 Å². The minimum atomic E-state index is -4.00. The van der Waals surface area contributed by atoms with Crippen molar-refractivity contribution >= 4 is 33.3 Å². The fourth-order valence-corrected chi connectivity index (χ4v) is 3.76. The molecule has 0 amide bonds. The Labute approximate surface area is 162 Å². The molecule has 1 aliphatic heterocycles. The van der Waals surface area contributed by atoms with E-state index in [9.17, 15) is 12.8 Å². The predicted octanol–water partition coefficient (Wildman–Crippen LogP) is 3.20. The van der Waals surface area contributed by atoms with E-state index in [0.29, 0.717) is 18.0 Å². The van der Waals surface area contributed by atoms with Crippen LogP contribution in [0.4, 0.5) is 4.39 Å². The summed E-state index contributed by atoms with van der Waals surface area (Å²) in [6.07, 6.45) is 0.644. The Morgan fingerprint density at radius 3 is 2.37 bits per heavy atom. The summed E-state index contributed by atoms with van der Waals surface area (Å²) in [5.41, 5.74) is 1.74. The number of halogens is 2. The van der Waals surface area contributed by atoms with Crippen molar-refractivity contribution in [2.45, 2.75) is 11.3 Å². The Morgan fingerprint density at radius 2 is 1.78 bits per heavy atom. The zero-order valence-corrected chi connectivity index (χ0v) is 16.4. The maximum Gasteiger partial charge on any atom is 0.285 e. The molecule has 0 radical (unpaired) electrons. The van der Waals surface area contributed by atoms with E-state index in [-0.39, 0.29) is 10.9 Å². The van der Waals surface area contributed by atoms with Crippen molar-refractivity contribution in [1.82, 2.24) is 9.91 Å². The van der Waals surface area contributed by atoms with Crippen LogP contribution in [0.1, 0.15) is 12.0 Å². The first kappa shape index (κ1) is 19.3. The van der Waals surface area contributed by atoms with Gasteiger partial charge in [-0.15, -0.1) is 4.40 Å². The maximum atomic E-state index is 13.1. The van der Waals surface area contributed by atoms with E-state index in [4.69, 9.17) is 11.6 Å². The molecule has 2 aromatic carbocycles. The third-order valence-corrected chi connectivity index (χ3v) is 5.45. The molecular formula is C18H18ClFN4O2S. The van der Waals surface area contributed by atoms with Crippen LogP contribution in [-0.4, -0.2) is 50.6 Å². The Kier molecular flexibility index (Phi) is 5.48. The molecular weight excluding hydrogens is 391 g/mol. The Hall–Kier alpha value is -2.45. The third-order valence-electron chi connectivity index (χ3n) is 3.92. The van der Waals surface area contributed by atoms with Crippen molar-refractivity contribution in [3.05, 3.63) is 64.9 Å². The summed E-state index contributed by atoms with van der Waals surface area (Å²) < 4.78 is 42.1. The summed E-state index contributed by atoms with van der Waals surface area (Å²) in [7, 11) is -0.617. The maximum absolute atomic E-state index is 13.1. The molecule has 0 unspecified atom stereocenters. The summed E-state index contributed by atoms with van der Waals surface area (Å²) in [5, 5.41) is 6.69. The van der Waals surface area contributed by atoms with Crippen LogP contribution in [0.3, 0.4) is 0 Å². The number of benzene rings is 2. The smallest absolute Gasteiger partial charge is 0.285 e. The Balaban J connectivity index is 1.93. The summed E-state index contributed by atoms with van der Waals surface area (Å²) in [6, 6.07) is 11.8. The predicted molar refractivity (Wildman–Crippen MR) is 104 cm³/mol. The van der Waals surface area contributed by atoms with Gasteiger partial charge in [0.25, 0.3) is 10.0 Å². The molecule has 0 aromatic heterocycles. The van der Waals surface area contributed by atoms with Crippen LogP contribution >= 0.6 is 11.6 Å². The molecule has 0 N–H and O–H groups in total. The number of rotatable bonds is 3. The summed E-state index contributed by atoms with van der Waals surface area (Å²) >= 11 is 5.91. The molecule has 0 spiro atoms. The van der Waals surface area contributed by atoms with Crippen molar-refractivity contribution in [2.24, 2.45) is 9.50 Å². The molecule has 142 valence electrons. The number of sulfonamides is 1. The number of hydrogen-bond acceptors (Lipinski definition) is 3. The summed E-state index contributed by atoms with van der Waals surface area (Å²) in [6.45, 7) is 0.494. The standard InChI is InChI=1S/C18H18ClFN4O2S/c1-23(2)18(22-27(25,26)16-9-7-15(20)8-10-16)24-12-11-17(21-24)13-3-5-14(19)6-4-13/h3-10H,11-12H2,1-2H3. The van der Waals surface area contributed by atoms with Gasteiger partial charge in [-0.25, -0.2) is 9.40 Å². The molecule has 0 atom stereocenters. The van der Waals surface area contributed by atoms with Gasteiger partial charge in [0, 0.05) is 25.5 Å². The van der Waals surface area contributed by atoms with E-state index in [0.717, 1.165) is 23.4 Å². The van der Waals surface area contributed by atoms with Crippen molar-refractivity contribution in [3.63, 3.8) is 0 Å². The number of hydrazone groups is 1. The highest BCUT2D eigenvalue weighted by atomic mass is 35.5. The molecule has 0 saturated carbocycles. The van der Waals surface area contributed by atoms with Crippen LogP contribution < -0.4 is 0 Å². The SMILES string of the molecule is CN(C)C(=NS(=O)(=O)c1ccc(F)cc1)N1CCC(c2ccc(Cl)cc2)=N1. The molecule has 1 aliphatic rings. The topological polar surface area (TPSA) is 65.3 Å². The second-order valence-electron chi connectivity index (χ2n) is 6.14. The van der Waals surface area contributed by atoms with Gasteiger partial charge in [-0.3, -0.25) is 0 Å². The molecule has 1 heterocycles. The lowest BCUT2D eigenvalue weighted by Gasteiger charge is -2.22. The van der Waals surface area contributed by atoms with Crippen LogP contribution in [0.25, 0.3) is 0 Å².